The minimum atomic E-state index is 0.309. The van der Waals surface area contributed by atoms with Gasteiger partial charge in [-0.05, 0) is 45.7 Å². The van der Waals surface area contributed by atoms with Crippen molar-refractivity contribution in [3.05, 3.63) is 0 Å². The largest absolute Gasteiger partial charge is 0.368 e. The first kappa shape index (κ1) is 19.1. The number of nitrogens with one attached hydrogen (secondary N) is 1. The maximum absolute atomic E-state index is 6.01. The molecule has 0 bridgehead atoms. The average molecular weight is 362 g/mol. The topological polar surface area (TPSA) is 83.2 Å². The summed E-state index contributed by atoms with van der Waals surface area (Å²) in [7, 11) is 0. The van der Waals surface area contributed by atoms with Crippen LogP contribution in [0.25, 0.3) is 0 Å². The van der Waals surface area contributed by atoms with Crippen LogP contribution in [0, 0.1) is 0 Å². The predicted octanol–water partition coefficient (Wildman–Crippen LogP) is 2.90. The standard InChI is InChI=1S/C19H35N7/c1-3-25-13-9-12-16(25)14-21-18-22-17(20)23-19(24-18)26(4-2)15-10-7-5-6-8-11-15/h15-16H,3-14H2,1-2H3,(H3,20,21,22,23,24). The molecule has 1 saturated carbocycles. The Bertz CT molecular complexity index is 557. The van der Waals surface area contributed by atoms with Crippen molar-refractivity contribution >= 4 is 17.8 Å². The van der Waals surface area contributed by atoms with Crippen LogP contribution >= 0.6 is 0 Å². The van der Waals surface area contributed by atoms with E-state index in [0.717, 1.165) is 25.6 Å². The number of nitrogen functional groups attached to an aromatic ring is 1. The Kier molecular flexibility index (Phi) is 6.88. The molecular formula is C19H35N7. The van der Waals surface area contributed by atoms with E-state index in [1.54, 1.807) is 0 Å². The van der Waals surface area contributed by atoms with E-state index in [4.69, 9.17) is 10.7 Å². The fraction of sp³-hybridized carbons (Fsp3) is 0.842. The van der Waals surface area contributed by atoms with Gasteiger partial charge in [0.15, 0.2) is 0 Å². The molecule has 7 nitrogen and oxygen atoms in total. The summed E-state index contributed by atoms with van der Waals surface area (Å²) in [5.74, 6) is 1.65. The van der Waals surface area contributed by atoms with Crippen molar-refractivity contribution in [3.8, 4) is 0 Å². The van der Waals surface area contributed by atoms with Gasteiger partial charge in [0.1, 0.15) is 0 Å². The minimum absolute atomic E-state index is 0.309. The highest BCUT2D eigenvalue weighted by atomic mass is 15.3. The molecule has 1 aliphatic carbocycles. The summed E-state index contributed by atoms with van der Waals surface area (Å²) < 4.78 is 0. The molecule has 2 heterocycles. The van der Waals surface area contributed by atoms with Gasteiger partial charge in [0, 0.05) is 25.2 Å². The molecule has 0 amide bonds. The molecule has 2 fully saturated rings. The van der Waals surface area contributed by atoms with Gasteiger partial charge in [-0.15, -0.1) is 0 Å². The lowest BCUT2D eigenvalue weighted by Crippen LogP contribution is -2.37. The van der Waals surface area contributed by atoms with Crippen molar-refractivity contribution in [2.45, 2.75) is 77.3 Å². The molecule has 1 aliphatic heterocycles. The van der Waals surface area contributed by atoms with Crippen LogP contribution in [0.4, 0.5) is 17.8 Å². The molecule has 1 unspecified atom stereocenters. The number of anilines is 3. The molecule has 1 atom stereocenters. The number of hydrogen-bond donors (Lipinski definition) is 2. The van der Waals surface area contributed by atoms with Crippen LogP contribution in [-0.4, -0.2) is 58.1 Å². The van der Waals surface area contributed by atoms with Crippen LogP contribution in [-0.2, 0) is 0 Å². The zero-order valence-corrected chi connectivity index (χ0v) is 16.5. The normalized spacial score (nSPS) is 22.3. The molecule has 0 spiro atoms. The Morgan fingerprint density at radius 2 is 1.81 bits per heavy atom. The molecule has 7 heteroatoms. The number of likely N-dealkylation sites (tertiary alicyclic amines) is 1. The van der Waals surface area contributed by atoms with Crippen molar-refractivity contribution in [3.63, 3.8) is 0 Å². The predicted molar refractivity (Wildman–Crippen MR) is 108 cm³/mol. The highest BCUT2D eigenvalue weighted by molar-refractivity contribution is 5.42. The second-order valence-corrected chi connectivity index (χ2v) is 7.55. The van der Waals surface area contributed by atoms with Gasteiger partial charge in [-0.1, -0.05) is 32.6 Å². The Morgan fingerprint density at radius 1 is 1.04 bits per heavy atom. The molecule has 146 valence electrons. The van der Waals surface area contributed by atoms with Gasteiger partial charge in [0.2, 0.25) is 17.8 Å². The van der Waals surface area contributed by atoms with Crippen molar-refractivity contribution < 1.29 is 0 Å². The van der Waals surface area contributed by atoms with Crippen LogP contribution < -0.4 is 16.0 Å². The third-order valence-corrected chi connectivity index (χ3v) is 5.91. The van der Waals surface area contributed by atoms with E-state index >= 15 is 0 Å². The quantitative estimate of drug-likeness (QED) is 0.722. The van der Waals surface area contributed by atoms with E-state index in [-0.39, 0.29) is 0 Å². The van der Waals surface area contributed by atoms with Gasteiger partial charge in [-0.2, -0.15) is 15.0 Å². The van der Waals surface area contributed by atoms with Gasteiger partial charge >= 0.3 is 0 Å². The summed E-state index contributed by atoms with van der Waals surface area (Å²) in [6.45, 7) is 8.46. The Morgan fingerprint density at radius 3 is 2.50 bits per heavy atom. The highest BCUT2D eigenvalue weighted by Gasteiger charge is 2.24. The molecule has 3 rings (SSSR count). The van der Waals surface area contributed by atoms with Crippen molar-refractivity contribution in [1.82, 2.24) is 19.9 Å². The molecule has 1 aromatic heterocycles. The summed E-state index contributed by atoms with van der Waals surface area (Å²) in [6, 6.07) is 1.08. The summed E-state index contributed by atoms with van der Waals surface area (Å²) >= 11 is 0. The number of nitrogens with two attached hydrogens (primary N) is 1. The fourth-order valence-corrected chi connectivity index (χ4v) is 4.47. The van der Waals surface area contributed by atoms with Gasteiger partial charge in [0.05, 0.1) is 0 Å². The van der Waals surface area contributed by atoms with Crippen molar-refractivity contribution in [2.24, 2.45) is 0 Å². The average Bonchev–Trinajstić information content (AvgIpc) is 2.93. The van der Waals surface area contributed by atoms with Crippen molar-refractivity contribution in [1.29, 1.82) is 0 Å². The molecule has 1 aromatic rings. The minimum Gasteiger partial charge on any atom is -0.368 e. The smallest absolute Gasteiger partial charge is 0.232 e. The zero-order valence-electron chi connectivity index (χ0n) is 16.5. The molecule has 0 radical (unpaired) electrons. The summed E-state index contributed by atoms with van der Waals surface area (Å²) in [4.78, 5) is 18.3. The second kappa shape index (κ2) is 9.35. The van der Waals surface area contributed by atoms with Crippen LogP contribution in [0.5, 0.6) is 0 Å². The molecule has 26 heavy (non-hydrogen) atoms. The second-order valence-electron chi connectivity index (χ2n) is 7.55. The molecule has 0 aromatic carbocycles. The summed E-state index contributed by atoms with van der Waals surface area (Å²) in [5, 5.41) is 3.42. The number of nitrogens with zero attached hydrogens (tertiary/aromatic N) is 5. The summed E-state index contributed by atoms with van der Waals surface area (Å²) in [6.07, 6.45) is 10.2. The zero-order chi connectivity index (χ0) is 18.4. The van der Waals surface area contributed by atoms with E-state index in [1.165, 1.54) is 57.9 Å². The molecule has 3 N–H and O–H groups in total. The van der Waals surface area contributed by atoms with E-state index in [1.807, 2.05) is 0 Å². The monoisotopic (exact) mass is 361 g/mol. The number of likely N-dealkylation sites (N-methyl/N-ethyl adjacent to an activating group) is 1. The van der Waals surface area contributed by atoms with E-state index in [0.29, 0.717) is 24.0 Å². The van der Waals surface area contributed by atoms with Gasteiger partial charge in [0.25, 0.3) is 0 Å². The highest BCUT2D eigenvalue weighted by Crippen LogP contribution is 2.25. The summed E-state index contributed by atoms with van der Waals surface area (Å²) in [5.41, 5.74) is 6.01. The molecule has 1 saturated heterocycles. The maximum atomic E-state index is 6.01. The fourth-order valence-electron chi connectivity index (χ4n) is 4.47. The Hall–Kier alpha value is -1.63. The molecular weight excluding hydrogens is 326 g/mol. The number of hydrogen-bond acceptors (Lipinski definition) is 7. The van der Waals surface area contributed by atoms with E-state index in [2.05, 4.69) is 38.9 Å². The van der Waals surface area contributed by atoms with Gasteiger partial charge in [-0.3, -0.25) is 4.90 Å². The number of aromatic nitrogens is 3. The Labute approximate surface area is 157 Å². The lowest BCUT2D eigenvalue weighted by molar-refractivity contribution is 0.277. The first-order valence-electron chi connectivity index (χ1n) is 10.5. The van der Waals surface area contributed by atoms with Crippen molar-refractivity contribution in [2.75, 3.05) is 42.1 Å². The van der Waals surface area contributed by atoms with Crippen LogP contribution in [0.3, 0.4) is 0 Å². The van der Waals surface area contributed by atoms with Crippen LogP contribution in [0.2, 0.25) is 0 Å². The van der Waals surface area contributed by atoms with Gasteiger partial charge in [-0.25, -0.2) is 0 Å². The maximum Gasteiger partial charge on any atom is 0.232 e. The lowest BCUT2D eigenvalue weighted by Gasteiger charge is -2.30. The SMILES string of the molecule is CCN1CCCC1CNc1nc(N)nc(N(CC)C2CCCCCC2)n1. The first-order valence-corrected chi connectivity index (χ1v) is 10.5. The van der Waals surface area contributed by atoms with E-state index < -0.39 is 0 Å². The van der Waals surface area contributed by atoms with Gasteiger partial charge < -0.3 is 16.0 Å². The first-order chi connectivity index (χ1) is 12.7. The number of rotatable bonds is 7. The third kappa shape index (κ3) is 4.75. The molecule has 2 aliphatic rings. The van der Waals surface area contributed by atoms with Crippen LogP contribution in [0.1, 0.15) is 65.2 Å². The third-order valence-electron chi connectivity index (χ3n) is 5.91. The Balaban J connectivity index is 1.69. The van der Waals surface area contributed by atoms with Crippen LogP contribution in [0.15, 0.2) is 0 Å². The van der Waals surface area contributed by atoms with E-state index in [9.17, 15) is 0 Å². The lowest BCUT2D eigenvalue weighted by atomic mass is 10.1.